The SMILES string of the molecule is CCCC1C2CC2[C@H](OC(=O)N2CCN(CCO)CC2)C(C)N1S(=O)(=O)c1ccc(Cl)cc1. The van der Waals surface area contributed by atoms with Crippen molar-refractivity contribution < 1.29 is 23.1 Å². The summed E-state index contributed by atoms with van der Waals surface area (Å²) in [5.41, 5.74) is 0. The first-order valence-corrected chi connectivity index (χ1v) is 13.7. The first kappa shape index (κ1) is 24.7. The van der Waals surface area contributed by atoms with Crippen molar-refractivity contribution in [3.63, 3.8) is 0 Å². The van der Waals surface area contributed by atoms with Gasteiger partial charge >= 0.3 is 6.09 Å². The molecule has 0 bridgehead atoms. The number of ether oxygens (including phenoxy) is 1. The van der Waals surface area contributed by atoms with Gasteiger partial charge in [0.2, 0.25) is 10.0 Å². The monoisotopic (exact) mass is 499 g/mol. The van der Waals surface area contributed by atoms with Crippen LogP contribution in [0.5, 0.6) is 0 Å². The number of halogens is 1. The summed E-state index contributed by atoms with van der Waals surface area (Å²) >= 11 is 5.98. The molecule has 2 heterocycles. The first-order chi connectivity index (χ1) is 15.8. The average molecular weight is 500 g/mol. The van der Waals surface area contributed by atoms with Crippen molar-refractivity contribution in [1.82, 2.24) is 14.1 Å². The number of carbonyl (C=O) groups is 1. The molecule has 1 amide bonds. The minimum atomic E-state index is -3.77. The smallest absolute Gasteiger partial charge is 0.410 e. The zero-order valence-corrected chi connectivity index (χ0v) is 20.8. The quantitative estimate of drug-likeness (QED) is 0.620. The molecule has 1 N–H and O–H groups in total. The van der Waals surface area contributed by atoms with Crippen molar-refractivity contribution in [3.05, 3.63) is 29.3 Å². The van der Waals surface area contributed by atoms with Gasteiger partial charge in [0.05, 0.1) is 17.5 Å². The summed E-state index contributed by atoms with van der Waals surface area (Å²) in [6, 6.07) is 5.72. The number of amides is 1. The summed E-state index contributed by atoms with van der Waals surface area (Å²) in [6.45, 7) is 7.10. The number of aliphatic hydroxyl groups is 1. The minimum Gasteiger partial charge on any atom is -0.444 e. The highest BCUT2D eigenvalue weighted by Gasteiger charge is 2.60. The Labute approximate surface area is 201 Å². The molecule has 2 saturated heterocycles. The highest BCUT2D eigenvalue weighted by Crippen LogP contribution is 2.54. The summed E-state index contributed by atoms with van der Waals surface area (Å²) < 4.78 is 35.0. The highest BCUT2D eigenvalue weighted by molar-refractivity contribution is 7.89. The third-order valence-corrected chi connectivity index (χ3v) is 9.55. The summed E-state index contributed by atoms with van der Waals surface area (Å²) in [5.74, 6) is 0.412. The van der Waals surface area contributed by atoms with Gasteiger partial charge in [-0.2, -0.15) is 4.31 Å². The van der Waals surface area contributed by atoms with E-state index in [1.54, 1.807) is 33.5 Å². The van der Waals surface area contributed by atoms with Crippen LogP contribution in [0.3, 0.4) is 0 Å². The minimum absolute atomic E-state index is 0.0901. The Hall–Kier alpha value is -1.39. The lowest BCUT2D eigenvalue weighted by Gasteiger charge is -2.43. The van der Waals surface area contributed by atoms with E-state index in [1.165, 1.54) is 0 Å². The molecule has 3 aliphatic rings. The van der Waals surface area contributed by atoms with E-state index in [1.807, 2.05) is 6.92 Å². The number of hydrogen-bond acceptors (Lipinski definition) is 6. The zero-order chi connectivity index (χ0) is 23.8. The second kappa shape index (κ2) is 10.1. The molecule has 0 spiro atoms. The second-order valence-electron chi connectivity index (χ2n) is 9.35. The third kappa shape index (κ3) is 5.03. The van der Waals surface area contributed by atoms with E-state index in [0.717, 1.165) is 19.3 Å². The molecule has 4 rings (SSSR count). The Morgan fingerprint density at radius 1 is 1.15 bits per heavy atom. The van der Waals surface area contributed by atoms with E-state index >= 15 is 0 Å². The number of carbonyl (C=O) groups excluding carboxylic acids is 1. The molecule has 1 aromatic rings. The van der Waals surface area contributed by atoms with Gasteiger partial charge in [0.15, 0.2) is 0 Å². The molecule has 10 heteroatoms. The maximum Gasteiger partial charge on any atom is 0.410 e. The molecule has 1 saturated carbocycles. The number of nitrogens with zero attached hydrogens (tertiary/aromatic N) is 3. The van der Waals surface area contributed by atoms with Crippen molar-refractivity contribution in [3.8, 4) is 0 Å². The Balaban J connectivity index is 1.52. The number of fused-ring (bicyclic) bond motifs is 1. The van der Waals surface area contributed by atoms with Crippen molar-refractivity contribution in [2.45, 2.75) is 56.2 Å². The van der Waals surface area contributed by atoms with Crippen LogP contribution in [0.25, 0.3) is 0 Å². The Bertz CT molecular complexity index is 936. The highest BCUT2D eigenvalue weighted by atomic mass is 35.5. The molecule has 2 aliphatic heterocycles. The number of piperidine rings is 1. The maximum absolute atomic E-state index is 13.7. The number of sulfonamides is 1. The lowest BCUT2D eigenvalue weighted by molar-refractivity contribution is -0.0162. The van der Waals surface area contributed by atoms with Crippen molar-refractivity contribution >= 4 is 27.7 Å². The van der Waals surface area contributed by atoms with Gasteiger partial charge in [0, 0.05) is 49.7 Å². The van der Waals surface area contributed by atoms with Gasteiger partial charge in [-0.15, -0.1) is 0 Å². The molecule has 1 aromatic carbocycles. The van der Waals surface area contributed by atoms with Crippen LogP contribution in [0.2, 0.25) is 5.02 Å². The summed E-state index contributed by atoms with van der Waals surface area (Å²) in [4.78, 5) is 17.0. The number of piperazine rings is 1. The lowest BCUT2D eigenvalue weighted by Crippen LogP contribution is -2.58. The van der Waals surface area contributed by atoms with Crippen LogP contribution >= 0.6 is 11.6 Å². The van der Waals surface area contributed by atoms with E-state index in [0.29, 0.717) is 37.7 Å². The van der Waals surface area contributed by atoms with Gasteiger partial charge in [0.1, 0.15) is 6.10 Å². The number of aliphatic hydroxyl groups excluding tert-OH is 1. The van der Waals surface area contributed by atoms with Gasteiger partial charge < -0.3 is 14.7 Å². The summed E-state index contributed by atoms with van der Waals surface area (Å²) in [7, 11) is -3.77. The first-order valence-electron chi connectivity index (χ1n) is 11.9. The van der Waals surface area contributed by atoms with Gasteiger partial charge in [-0.3, -0.25) is 4.90 Å². The van der Waals surface area contributed by atoms with E-state index in [-0.39, 0.29) is 35.5 Å². The lowest BCUT2D eigenvalue weighted by atomic mass is 9.94. The Kier molecular flexibility index (Phi) is 7.55. The molecular formula is C23H34ClN3O5S. The summed E-state index contributed by atoms with van der Waals surface area (Å²) in [6.07, 6.45) is 1.71. The third-order valence-electron chi connectivity index (χ3n) is 7.27. The molecule has 0 radical (unpaired) electrons. The van der Waals surface area contributed by atoms with Crippen molar-refractivity contribution in [2.24, 2.45) is 11.8 Å². The fourth-order valence-electron chi connectivity index (χ4n) is 5.48. The number of rotatable bonds is 7. The van der Waals surface area contributed by atoms with Crippen LogP contribution in [-0.2, 0) is 14.8 Å². The molecule has 3 fully saturated rings. The standard InChI is InChI=1S/C23H34ClN3O5S/c1-3-4-21-19-15-20(19)22(32-23(29)26-11-9-25(10-12-26)13-14-28)16(2)27(21)33(30,31)18-7-5-17(24)6-8-18/h5-8,16,19-22,28H,3-4,9-15H2,1-2H3/t16?,19?,20?,21?,22-/m1/s1. The van der Waals surface area contributed by atoms with Gasteiger partial charge in [-0.05, 0) is 49.9 Å². The number of β-amino-alcohol motifs (C(OH)–C–C–N with tert-alkyl or cyclic N) is 1. The van der Waals surface area contributed by atoms with Crippen LogP contribution in [0.4, 0.5) is 4.79 Å². The van der Waals surface area contributed by atoms with Gasteiger partial charge in [0.25, 0.3) is 0 Å². The average Bonchev–Trinajstić information content (AvgIpc) is 3.58. The van der Waals surface area contributed by atoms with Gasteiger partial charge in [-0.1, -0.05) is 24.9 Å². The molecule has 8 nitrogen and oxygen atoms in total. The van der Waals surface area contributed by atoms with Crippen molar-refractivity contribution in [1.29, 1.82) is 0 Å². The Morgan fingerprint density at radius 2 is 1.82 bits per heavy atom. The zero-order valence-electron chi connectivity index (χ0n) is 19.3. The predicted octanol–water partition coefficient (Wildman–Crippen LogP) is 2.65. The van der Waals surface area contributed by atoms with Crippen LogP contribution in [-0.4, -0.2) is 91.2 Å². The van der Waals surface area contributed by atoms with E-state index in [9.17, 15) is 13.2 Å². The largest absolute Gasteiger partial charge is 0.444 e. The van der Waals surface area contributed by atoms with Gasteiger partial charge in [-0.25, -0.2) is 13.2 Å². The topological polar surface area (TPSA) is 90.4 Å². The fraction of sp³-hybridized carbons (Fsp3) is 0.696. The molecule has 184 valence electrons. The van der Waals surface area contributed by atoms with E-state index < -0.39 is 22.2 Å². The maximum atomic E-state index is 13.7. The molecule has 0 aromatic heterocycles. The van der Waals surface area contributed by atoms with Crippen LogP contribution < -0.4 is 0 Å². The summed E-state index contributed by atoms with van der Waals surface area (Å²) in [5, 5.41) is 9.60. The number of benzene rings is 1. The molecule has 1 aliphatic carbocycles. The van der Waals surface area contributed by atoms with Crippen LogP contribution in [0.1, 0.15) is 33.1 Å². The normalized spacial score (nSPS) is 30.7. The molecule has 5 atom stereocenters. The molecule has 33 heavy (non-hydrogen) atoms. The van der Waals surface area contributed by atoms with Crippen LogP contribution in [0.15, 0.2) is 29.2 Å². The molecule has 4 unspecified atom stereocenters. The second-order valence-corrected chi connectivity index (χ2v) is 11.6. The molecular weight excluding hydrogens is 466 g/mol. The Morgan fingerprint density at radius 3 is 2.42 bits per heavy atom. The fourth-order valence-corrected chi connectivity index (χ4v) is 7.51. The van der Waals surface area contributed by atoms with Crippen molar-refractivity contribution in [2.75, 3.05) is 39.3 Å². The van der Waals surface area contributed by atoms with Crippen LogP contribution in [0, 0.1) is 11.8 Å². The predicted molar refractivity (Wildman–Crippen MR) is 126 cm³/mol. The number of hydrogen-bond donors (Lipinski definition) is 1. The van der Waals surface area contributed by atoms with E-state index in [4.69, 9.17) is 21.4 Å². The van der Waals surface area contributed by atoms with E-state index in [2.05, 4.69) is 11.8 Å².